The van der Waals surface area contributed by atoms with Crippen LogP contribution in [0, 0.1) is 0 Å². The Morgan fingerprint density at radius 2 is 2.24 bits per heavy atom. The highest BCUT2D eigenvalue weighted by molar-refractivity contribution is 5.44. The molecule has 0 amide bonds. The molecule has 1 aliphatic carbocycles. The molecule has 3 N–H and O–H groups in total. The lowest BCUT2D eigenvalue weighted by Crippen LogP contribution is -2.46. The molecule has 0 spiro atoms. The van der Waals surface area contributed by atoms with Crippen LogP contribution >= 0.6 is 0 Å². The third-order valence-electron chi connectivity index (χ3n) is 3.93. The first-order valence-electron chi connectivity index (χ1n) is 6.37. The van der Waals surface area contributed by atoms with Crippen molar-refractivity contribution in [2.75, 3.05) is 25.5 Å². The zero-order valence-corrected chi connectivity index (χ0v) is 10.7. The summed E-state index contributed by atoms with van der Waals surface area (Å²) in [4.78, 5) is 5.40. The number of aromatic nitrogens is 1. The molecular weight excluding hydrogens is 214 g/mol. The molecule has 0 atom stereocenters. The van der Waals surface area contributed by atoms with E-state index in [0.29, 0.717) is 12.6 Å². The van der Waals surface area contributed by atoms with Crippen molar-refractivity contribution in [2.45, 2.75) is 37.3 Å². The summed E-state index contributed by atoms with van der Waals surface area (Å²) >= 11 is 0. The largest absolute Gasteiger partial charge is 0.389 e. The van der Waals surface area contributed by atoms with E-state index < -0.39 is 5.60 Å². The number of H-pyrrole nitrogens is 1. The molecule has 1 fully saturated rings. The Kier molecular flexibility index (Phi) is 3.74. The SMILES string of the molecule is CNCC1(O)CCC(N(C)c2cc[nH]c2)CC1. The minimum Gasteiger partial charge on any atom is -0.389 e. The molecule has 2 rings (SSSR count). The quantitative estimate of drug-likeness (QED) is 0.741. The van der Waals surface area contributed by atoms with Crippen molar-refractivity contribution in [3.05, 3.63) is 18.5 Å². The number of anilines is 1. The van der Waals surface area contributed by atoms with Gasteiger partial charge < -0.3 is 20.3 Å². The normalized spacial score (nSPS) is 29.2. The highest BCUT2D eigenvalue weighted by Gasteiger charge is 2.33. The molecule has 1 saturated carbocycles. The van der Waals surface area contributed by atoms with Crippen LogP contribution in [0.2, 0.25) is 0 Å². The zero-order valence-electron chi connectivity index (χ0n) is 10.7. The van der Waals surface area contributed by atoms with Gasteiger partial charge in [-0.1, -0.05) is 0 Å². The maximum atomic E-state index is 10.3. The Morgan fingerprint density at radius 1 is 1.53 bits per heavy atom. The molecule has 4 heteroatoms. The Balaban J connectivity index is 1.91. The van der Waals surface area contributed by atoms with E-state index in [0.717, 1.165) is 25.7 Å². The van der Waals surface area contributed by atoms with E-state index in [-0.39, 0.29) is 0 Å². The fourth-order valence-electron chi connectivity index (χ4n) is 2.78. The minimum atomic E-state index is -0.496. The molecule has 1 heterocycles. The van der Waals surface area contributed by atoms with Crippen molar-refractivity contribution in [1.82, 2.24) is 10.3 Å². The van der Waals surface area contributed by atoms with E-state index >= 15 is 0 Å². The van der Waals surface area contributed by atoms with Crippen LogP contribution < -0.4 is 10.2 Å². The maximum Gasteiger partial charge on any atom is 0.0773 e. The Hall–Kier alpha value is -1.00. The second-order valence-corrected chi connectivity index (χ2v) is 5.17. The van der Waals surface area contributed by atoms with E-state index in [2.05, 4.69) is 28.3 Å². The lowest BCUT2D eigenvalue weighted by molar-refractivity contribution is 0.00200. The molecule has 0 aliphatic heterocycles. The van der Waals surface area contributed by atoms with Gasteiger partial charge in [-0.25, -0.2) is 0 Å². The van der Waals surface area contributed by atoms with Crippen LogP contribution in [-0.4, -0.2) is 42.4 Å². The summed E-state index contributed by atoms with van der Waals surface area (Å²) in [7, 11) is 4.03. The molecule has 1 aliphatic rings. The lowest BCUT2D eigenvalue weighted by Gasteiger charge is -2.40. The Morgan fingerprint density at radius 3 is 2.76 bits per heavy atom. The molecule has 4 nitrogen and oxygen atoms in total. The van der Waals surface area contributed by atoms with Gasteiger partial charge in [0, 0.05) is 32.0 Å². The summed E-state index contributed by atoms with van der Waals surface area (Å²) in [5, 5.41) is 13.4. The number of hydrogen-bond donors (Lipinski definition) is 3. The van der Waals surface area contributed by atoms with Crippen LogP contribution in [0.25, 0.3) is 0 Å². The van der Waals surface area contributed by atoms with Gasteiger partial charge in [0.2, 0.25) is 0 Å². The highest BCUT2D eigenvalue weighted by Crippen LogP contribution is 2.31. The second-order valence-electron chi connectivity index (χ2n) is 5.17. The van der Waals surface area contributed by atoms with Gasteiger partial charge in [-0.2, -0.15) is 0 Å². The van der Waals surface area contributed by atoms with Gasteiger partial charge in [0.05, 0.1) is 11.3 Å². The topological polar surface area (TPSA) is 51.3 Å². The first kappa shape index (κ1) is 12.5. The smallest absolute Gasteiger partial charge is 0.0773 e. The van der Waals surface area contributed by atoms with E-state index in [1.165, 1.54) is 5.69 Å². The average Bonchev–Trinajstić information content (AvgIpc) is 2.82. The number of nitrogens with zero attached hydrogens (tertiary/aromatic N) is 1. The standard InChI is InChI=1S/C13H23N3O/c1-14-10-13(17)6-3-11(4-7-13)16(2)12-5-8-15-9-12/h5,8-9,11,14-15,17H,3-4,6-7,10H2,1-2H3. The first-order valence-corrected chi connectivity index (χ1v) is 6.37. The summed E-state index contributed by atoms with van der Waals surface area (Å²) in [5.41, 5.74) is 0.735. The molecule has 1 aromatic heterocycles. The first-order chi connectivity index (χ1) is 8.14. The Bertz CT molecular complexity index is 328. The van der Waals surface area contributed by atoms with E-state index in [9.17, 15) is 5.11 Å². The summed E-state index contributed by atoms with van der Waals surface area (Å²) in [6.07, 6.45) is 7.85. The summed E-state index contributed by atoms with van der Waals surface area (Å²) in [6, 6.07) is 2.64. The number of rotatable bonds is 4. The van der Waals surface area contributed by atoms with Crippen LogP contribution in [-0.2, 0) is 0 Å². The van der Waals surface area contributed by atoms with Crippen molar-refractivity contribution in [1.29, 1.82) is 0 Å². The summed E-state index contributed by atoms with van der Waals surface area (Å²) in [6.45, 7) is 0.702. The second kappa shape index (κ2) is 5.10. The number of nitrogens with one attached hydrogen (secondary N) is 2. The van der Waals surface area contributed by atoms with Crippen LogP contribution in [0.3, 0.4) is 0 Å². The van der Waals surface area contributed by atoms with Crippen LogP contribution in [0.5, 0.6) is 0 Å². The van der Waals surface area contributed by atoms with Crippen molar-refractivity contribution in [3.8, 4) is 0 Å². The van der Waals surface area contributed by atoms with Crippen LogP contribution in [0.4, 0.5) is 5.69 Å². The third kappa shape index (κ3) is 2.82. The lowest BCUT2D eigenvalue weighted by atomic mass is 9.81. The van der Waals surface area contributed by atoms with Gasteiger partial charge in [0.15, 0.2) is 0 Å². The third-order valence-corrected chi connectivity index (χ3v) is 3.93. The number of likely N-dealkylation sites (N-methyl/N-ethyl adjacent to an activating group) is 1. The molecule has 0 saturated heterocycles. The monoisotopic (exact) mass is 237 g/mol. The number of aliphatic hydroxyl groups is 1. The number of hydrogen-bond acceptors (Lipinski definition) is 3. The average molecular weight is 237 g/mol. The van der Waals surface area contributed by atoms with E-state index in [4.69, 9.17) is 0 Å². The summed E-state index contributed by atoms with van der Waals surface area (Å²) < 4.78 is 0. The molecule has 96 valence electrons. The molecule has 0 unspecified atom stereocenters. The predicted molar refractivity (Wildman–Crippen MR) is 70.3 cm³/mol. The van der Waals surface area contributed by atoms with E-state index in [1.807, 2.05) is 19.4 Å². The fourth-order valence-corrected chi connectivity index (χ4v) is 2.78. The summed E-state index contributed by atoms with van der Waals surface area (Å²) in [5.74, 6) is 0. The Labute approximate surface area is 103 Å². The van der Waals surface area contributed by atoms with Gasteiger partial charge in [-0.15, -0.1) is 0 Å². The van der Waals surface area contributed by atoms with Crippen molar-refractivity contribution in [3.63, 3.8) is 0 Å². The molecule has 17 heavy (non-hydrogen) atoms. The van der Waals surface area contributed by atoms with E-state index in [1.54, 1.807) is 0 Å². The molecule has 1 aromatic rings. The van der Waals surface area contributed by atoms with Crippen molar-refractivity contribution in [2.24, 2.45) is 0 Å². The minimum absolute atomic E-state index is 0.496. The fraction of sp³-hybridized carbons (Fsp3) is 0.692. The van der Waals surface area contributed by atoms with Gasteiger partial charge in [-0.3, -0.25) is 0 Å². The molecular formula is C13H23N3O. The zero-order chi connectivity index (χ0) is 12.3. The molecule has 0 bridgehead atoms. The predicted octanol–water partition coefficient (Wildman–Crippen LogP) is 1.34. The molecule has 0 radical (unpaired) electrons. The number of aromatic amines is 1. The van der Waals surface area contributed by atoms with Crippen molar-refractivity contribution < 1.29 is 5.11 Å². The van der Waals surface area contributed by atoms with Crippen LogP contribution in [0.15, 0.2) is 18.5 Å². The molecule has 0 aromatic carbocycles. The maximum absolute atomic E-state index is 10.3. The van der Waals surface area contributed by atoms with Gasteiger partial charge in [0.25, 0.3) is 0 Å². The van der Waals surface area contributed by atoms with Gasteiger partial charge in [0.1, 0.15) is 0 Å². The van der Waals surface area contributed by atoms with Gasteiger partial charge >= 0.3 is 0 Å². The van der Waals surface area contributed by atoms with Crippen LogP contribution in [0.1, 0.15) is 25.7 Å². The van der Waals surface area contributed by atoms with Gasteiger partial charge in [-0.05, 0) is 38.8 Å². The van der Waals surface area contributed by atoms with Crippen molar-refractivity contribution >= 4 is 5.69 Å². The highest BCUT2D eigenvalue weighted by atomic mass is 16.3.